The fraction of sp³-hybridized carbons (Fsp3) is 0.300. The van der Waals surface area contributed by atoms with E-state index in [9.17, 15) is 5.11 Å². The summed E-state index contributed by atoms with van der Waals surface area (Å²) >= 11 is 0. The van der Waals surface area contributed by atoms with Gasteiger partial charge in [-0.1, -0.05) is 17.3 Å². The van der Waals surface area contributed by atoms with E-state index in [-0.39, 0.29) is 0 Å². The Hall–Kier alpha value is -3.06. The highest BCUT2D eigenvalue weighted by Crippen LogP contribution is 2.23. The van der Waals surface area contributed by atoms with Crippen LogP contribution in [0.15, 0.2) is 53.1 Å². The average molecular weight is 366 g/mol. The molecule has 1 aliphatic heterocycles. The molecule has 0 radical (unpaired) electrons. The molecule has 7 nitrogen and oxygen atoms in total. The minimum atomic E-state index is 0.292. The number of phenols is 1. The van der Waals surface area contributed by atoms with E-state index >= 15 is 0 Å². The molecule has 0 spiro atoms. The van der Waals surface area contributed by atoms with Crippen LogP contribution >= 0.6 is 0 Å². The Morgan fingerprint density at radius 2 is 1.85 bits per heavy atom. The number of phenolic OH excluding ortho intramolecular Hbond substituents is 1. The Bertz CT molecular complexity index is 886. The van der Waals surface area contributed by atoms with E-state index in [0.29, 0.717) is 24.0 Å². The number of hydrogen-bond acceptors (Lipinski definition) is 7. The van der Waals surface area contributed by atoms with Gasteiger partial charge in [0.25, 0.3) is 0 Å². The normalized spacial score (nSPS) is 15.1. The van der Waals surface area contributed by atoms with Gasteiger partial charge in [-0.3, -0.25) is 4.90 Å². The molecule has 0 unspecified atom stereocenters. The minimum absolute atomic E-state index is 0.292. The van der Waals surface area contributed by atoms with Crippen molar-refractivity contribution in [1.82, 2.24) is 15.0 Å². The lowest BCUT2D eigenvalue weighted by atomic mass is 10.2. The predicted molar refractivity (Wildman–Crippen MR) is 102 cm³/mol. The molecule has 0 saturated carbocycles. The molecule has 0 aliphatic carbocycles. The second-order valence-corrected chi connectivity index (χ2v) is 6.52. The maximum absolute atomic E-state index is 9.42. The summed E-state index contributed by atoms with van der Waals surface area (Å²) in [5.41, 5.74) is 2.01. The van der Waals surface area contributed by atoms with Gasteiger partial charge in [-0.2, -0.15) is 4.98 Å². The van der Waals surface area contributed by atoms with Crippen LogP contribution in [0.25, 0.3) is 11.4 Å². The molecule has 1 fully saturated rings. The van der Waals surface area contributed by atoms with Crippen molar-refractivity contribution in [2.75, 3.05) is 38.2 Å². The van der Waals surface area contributed by atoms with Crippen LogP contribution in [-0.2, 0) is 6.54 Å². The van der Waals surface area contributed by atoms with Crippen LogP contribution in [-0.4, -0.2) is 53.4 Å². The molecule has 1 saturated heterocycles. The van der Waals surface area contributed by atoms with Gasteiger partial charge in [0.05, 0.1) is 13.7 Å². The molecule has 2 heterocycles. The number of anilines is 1. The summed E-state index contributed by atoms with van der Waals surface area (Å²) < 4.78 is 10.7. The Morgan fingerprint density at radius 3 is 2.59 bits per heavy atom. The molecule has 2 aromatic carbocycles. The molecule has 140 valence electrons. The molecule has 7 heteroatoms. The van der Waals surface area contributed by atoms with Crippen LogP contribution in [0.1, 0.15) is 5.89 Å². The second kappa shape index (κ2) is 7.67. The van der Waals surface area contributed by atoms with E-state index in [2.05, 4.69) is 19.9 Å². The minimum Gasteiger partial charge on any atom is -0.508 e. The van der Waals surface area contributed by atoms with Crippen molar-refractivity contribution in [1.29, 1.82) is 0 Å². The summed E-state index contributed by atoms with van der Waals surface area (Å²) in [6.07, 6.45) is 0. The summed E-state index contributed by atoms with van der Waals surface area (Å²) in [7, 11) is 1.64. The van der Waals surface area contributed by atoms with Crippen LogP contribution in [0.4, 0.5) is 5.69 Å². The first-order valence-corrected chi connectivity index (χ1v) is 8.94. The Labute approximate surface area is 157 Å². The van der Waals surface area contributed by atoms with E-state index < -0.39 is 0 Å². The number of aromatic nitrogens is 2. The molecular formula is C20H22N4O3. The van der Waals surface area contributed by atoms with Gasteiger partial charge in [0.1, 0.15) is 11.5 Å². The SMILES string of the molecule is COc1cccc(-c2noc(CN3CCN(c4ccc(O)cc4)CC3)n2)c1. The largest absolute Gasteiger partial charge is 0.508 e. The first-order valence-electron chi connectivity index (χ1n) is 8.94. The van der Waals surface area contributed by atoms with Gasteiger partial charge in [-0.25, -0.2) is 0 Å². The van der Waals surface area contributed by atoms with Gasteiger partial charge in [0.2, 0.25) is 11.7 Å². The van der Waals surface area contributed by atoms with E-state index in [1.54, 1.807) is 19.2 Å². The zero-order valence-electron chi connectivity index (χ0n) is 15.2. The van der Waals surface area contributed by atoms with Gasteiger partial charge in [-0.05, 0) is 36.4 Å². The Kier molecular flexibility index (Phi) is 4.93. The van der Waals surface area contributed by atoms with Crippen molar-refractivity contribution in [2.24, 2.45) is 0 Å². The van der Waals surface area contributed by atoms with Gasteiger partial charge >= 0.3 is 0 Å². The summed E-state index contributed by atoms with van der Waals surface area (Å²) in [5, 5.41) is 13.5. The molecule has 1 N–H and O–H groups in total. The third kappa shape index (κ3) is 4.03. The van der Waals surface area contributed by atoms with E-state index in [0.717, 1.165) is 43.2 Å². The van der Waals surface area contributed by atoms with Gasteiger partial charge in [0, 0.05) is 37.4 Å². The number of aromatic hydroxyl groups is 1. The number of methoxy groups -OCH3 is 1. The van der Waals surface area contributed by atoms with Gasteiger partial charge in [0.15, 0.2) is 0 Å². The highest BCUT2D eigenvalue weighted by molar-refractivity contribution is 5.56. The van der Waals surface area contributed by atoms with Gasteiger partial charge < -0.3 is 19.3 Å². The van der Waals surface area contributed by atoms with Crippen molar-refractivity contribution in [2.45, 2.75) is 6.54 Å². The Balaban J connectivity index is 1.35. The van der Waals surface area contributed by atoms with Gasteiger partial charge in [-0.15, -0.1) is 0 Å². The van der Waals surface area contributed by atoms with Crippen LogP contribution < -0.4 is 9.64 Å². The first kappa shape index (κ1) is 17.4. The molecule has 27 heavy (non-hydrogen) atoms. The summed E-state index contributed by atoms with van der Waals surface area (Å²) in [6, 6.07) is 15.0. The summed E-state index contributed by atoms with van der Waals surface area (Å²) in [4.78, 5) is 9.14. The maximum Gasteiger partial charge on any atom is 0.241 e. The first-order chi connectivity index (χ1) is 13.2. The van der Waals surface area contributed by atoms with Crippen LogP contribution in [0.5, 0.6) is 11.5 Å². The predicted octanol–water partition coefficient (Wildman–Crippen LogP) is 2.77. The second-order valence-electron chi connectivity index (χ2n) is 6.52. The average Bonchev–Trinajstić information content (AvgIpc) is 3.18. The summed E-state index contributed by atoms with van der Waals surface area (Å²) in [5.74, 6) is 2.25. The molecule has 0 amide bonds. The van der Waals surface area contributed by atoms with Crippen molar-refractivity contribution < 1.29 is 14.4 Å². The lowest BCUT2D eigenvalue weighted by Crippen LogP contribution is -2.46. The number of ether oxygens (including phenoxy) is 1. The molecule has 0 atom stereocenters. The number of hydrogen-bond donors (Lipinski definition) is 1. The lowest BCUT2D eigenvalue weighted by molar-refractivity contribution is 0.215. The maximum atomic E-state index is 9.42. The monoisotopic (exact) mass is 366 g/mol. The van der Waals surface area contributed by atoms with Crippen LogP contribution in [0.2, 0.25) is 0 Å². The molecule has 1 aliphatic rings. The highest BCUT2D eigenvalue weighted by atomic mass is 16.5. The molecule has 1 aromatic heterocycles. The molecule has 0 bridgehead atoms. The van der Waals surface area contributed by atoms with Crippen molar-refractivity contribution in [3.63, 3.8) is 0 Å². The lowest BCUT2D eigenvalue weighted by Gasteiger charge is -2.35. The van der Waals surface area contributed by atoms with E-state index in [1.165, 1.54) is 0 Å². The topological polar surface area (TPSA) is 74.9 Å². The smallest absolute Gasteiger partial charge is 0.241 e. The third-order valence-electron chi connectivity index (χ3n) is 4.74. The van der Waals surface area contributed by atoms with E-state index in [4.69, 9.17) is 9.26 Å². The van der Waals surface area contributed by atoms with Crippen molar-refractivity contribution in [3.05, 3.63) is 54.4 Å². The zero-order chi connectivity index (χ0) is 18.6. The fourth-order valence-corrected chi connectivity index (χ4v) is 3.22. The molecular weight excluding hydrogens is 344 g/mol. The quantitative estimate of drug-likeness (QED) is 0.744. The molecule has 4 rings (SSSR count). The highest BCUT2D eigenvalue weighted by Gasteiger charge is 2.20. The molecule has 3 aromatic rings. The van der Waals surface area contributed by atoms with E-state index in [1.807, 2.05) is 36.4 Å². The fourth-order valence-electron chi connectivity index (χ4n) is 3.22. The Morgan fingerprint density at radius 1 is 1.07 bits per heavy atom. The van der Waals surface area contributed by atoms with Crippen LogP contribution in [0.3, 0.4) is 0 Å². The standard InChI is InChI=1S/C20H22N4O3/c1-26-18-4-2-3-15(13-18)20-21-19(27-22-20)14-23-9-11-24(12-10-23)16-5-7-17(25)8-6-16/h2-8,13,25H,9-12,14H2,1H3. The van der Waals surface area contributed by atoms with Crippen LogP contribution in [0, 0.1) is 0 Å². The number of nitrogens with zero attached hydrogens (tertiary/aromatic N) is 4. The van der Waals surface area contributed by atoms with Crippen molar-refractivity contribution >= 4 is 5.69 Å². The summed E-state index contributed by atoms with van der Waals surface area (Å²) in [6.45, 7) is 4.30. The third-order valence-corrected chi connectivity index (χ3v) is 4.74. The number of rotatable bonds is 5. The zero-order valence-corrected chi connectivity index (χ0v) is 15.2. The van der Waals surface area contributed by atoms with Crippen molar-refractivity contribution in [3.8, 4) is 22.9 Å². The number of piperazine rings is 1. The number of benzene rings is 2.